The van der Waals surface area contributed by atoms with Gasteiger partial charge in [0.25, 0.3) is 0 Å². The minimum atomic E-state index is 0.163. The molecule has 1 heterocycles. The molecule has 3 N–H and O–H groups in total. The maximum absolute atomic E-state index is 6.08. The zero-order valence-corrected chi connectivity index (χ0v) is 14.7. The third kappa shape index (κ3) is 4.97. The highest BCUT2D eigenvalue weighted by Gasteiger charge is 2.21. The first-order chi connectivity index (χ1) is 12.2. The molecule has 1 atom stereocenters. The van der Waals surface area contributed by atoms with Crippen LogP contribution >= 0.6 is 0 Å². The Balaban J connectivity index is 1.48. The molecule has 0 aromatic heterocycles. The van der Waals surface area contributed by atoms with Crippen molar-refractivity contribution >= 4 is 5.96 Å². The summed E-state index contributed by atoms with van der Waals surface area (Å²) in [5.74, 6) is 1.43. The molecule has 1 aliphatic heterocycles. The Kier molecular flexibility index (Phi) is 5.90. The lowest BCUT2D eigenvalue weighted by Gasteiger charge is -2.27. The van der Waals surface area contributed by atoms with E-state index in [0.29, 0.717) is 19.1 Å². The molecular formula is C20H26N4O. The summed E-state index contributed by atoms with van der Waals surface area (Å²) < 4.78 is 5.68. The zero-order valence-electron chi connectivity index (χ0n) is 14.7. The summed E-state index contributed by atoms with van der Waals surface area (Å²) in [5, 5.41) is 3.33. The van der Waals surface area contributed by atoms with Gasteiger partial charge in [0.05, 0.1) is 19.2 Å². The molecule has 0 spiro atoms. The first kappa shape index (κ1) is 17.3. The summed E-state index contributed by atoms with van der Waals surface area (Å²) >= 11 is 0. The fraction of sp³-hybridized carbons (Fsp3) is 0.350. The molecule has 0 amide bonds. The Morgan fingerprint density at radius 3 is 2.80 bits per heavy atom. The second-order valence-corrected chi connectivity index (χ2v) is 6.36. The van der Waals surface area contributed by atoms with Crippen LogP contribution in [0, 0.1) is 0 Å². The van der Waals surface area contributed by atoms with Gasteiger partial charge in [-0.3, -0.25) is 4.99 Å². The van der Waals surface area contributed by atoms with Crippen molar-refractivity contribution in [2.75, 3.05) is 26.7 Å². The van der Waals surface area contributed by atoms with E-state index in [-0.39, 0.29) is 6.04 Å². The largest absolute Gasteiger partial charge is 0.493 e. The van der Waals surface area contributed by atoms with E-state index < -0.39 is 0 Å². The van der Waals surface area contributed by atoms with Gasteiger partial charge in [-0.25, -0.2) is 0 Å². The molecule has 0 radical (unpaired) electrons. The van der Waals surface area contributed by atoms with E-state index in [2.05, 4.69) is 52.6 Å². The zero-order chi connectivity index (χ0) is 17.5. The van der Waals surface area contributed by atoms with Gasteiger partial charge in [-0.1, -0.05) is 48.5 Å². The van der Waals surface area contributed by atoms with E-state index in [1.807, 2.05) is 24.3 Å². The Morgan fingerprint density at radius 1 is 1.20 bits per heavy atom. The van der Waals surface area contributed by atoms with Crippen LogP contribution in [0.1, 0.15) is 23.6 Å². The van der Waals surface area contributed by atoms with Crippen LogP contribution in [0.3, 0.4) is 0 Å². The topological polar surface area (TPSA) is 62.9 Å². The molecule has 0 bridgehead atoms. The monoisotopic (exact) mass is 338 g/mol. The van der Waals surface area contributed by atoms with Crippen molar-refractivity contribution in [3.8, 4) is 5.75 Å². The van der Waals surface area contributed by atoms with Crippen molar-refractivity contribution in [1.29, 1.82) is 0 Å². The summed E-state index contributed by atoms with van der Waals surface area (Å²) in [5.41, 5.74) is 8.53. The Labute approximate surface area is 149 Å². The van der Waals surface area contributed by atoms with Crippen molar-refractivity contribution in [3.05, 3.63) is 65.7 Å². The highest BCUT2D eigenvalue weighted by molar-refractivity contribution is 5.78. The van der Waals surface area contributed by atoms with Crippen LogP contribution in [0.25, 0.3) is 0 Å². The number of ether oxygens (including phenoxy) is 1. The van der Waals surface area contributed by atoms with Crippen LogP contribution in [0.4, 0.5) is 0 Å². The minimum Gasteiger partial charge on any atom is -0.493 e. The van der Waals surface area contributed by atoms with Gasteiger partial charge >= 0.3 is 0 Å². The maximum atomic E-state index is 6.08. The van der Waals surface area contributed by atoms with Crippen molar-refractivity contribution in [3.63, 3.8) is 0 Å². The van der Waals surface area contributed by atoms with Crippen LogP contribution in [0.2, 0.25) is 0 Å². The molecule has 2 aromatic carbocycles. The standard InChI is InChI=1S/C20H26N4O/c1-24(15-16-7-3-2-4-8-16)13-12-22-20(21)23-18-11-14-25-19-10-6-5-9-17(18)19/h2-10,18H,11-15H2,1H3,(H3,21,22,23). The fourth-order valence-electron chi connectivity index (χ4n) is 3.03. The van der Waals surface area contributed by atoms with Gasteiger partial charge < -0.3 is 20.7 Å². The van der Waals surface area contributed by atoms with E-state index in [4.69, 9.17) is 10.5 Å². The average molecular weight is 338 g/mol. The number of para-hydroxylation sites is 1. The summed E-state index contributed by atoms with van der Waals surface area (Å²) in [4.78, 5) is 6.72. The number of benzene rings is 2. The molecule has 0 aliphatic carbocycles. The first-order valence-electron chi connectivity index (χ1n) is 8.73. The second kappa shape index (κ2) is 8.53. The molecule has 132 valence electrons. The Hall–Kier alpha value is -2.53. The van der Waals surface area contributed by atoms with Gasteiger partial charge in [-0.2, -0.15) is 0 Å². The van der Waals surface area contributed by atoms with Crippen molar-refractivity contribution in [2.24, 2.45) is 10.7 Å². The molecule has 1 aliphatic rings. The number of fused-ring (bicyclic) bond motifs is 1. The average Bonchev–Trinajstić information content (AvgIpc) is 2.63. The van der Waals surface area contributed by atoms with Gasteiger partial charge in [-0.15, -0.1) is 0 Å². The highest BCUT2D eigenvalue weighted by atomic mass is 16.5. The number of guanidine groups is 1. The lowest BCUT2D eigenvalue weighted by Crippen LogP contribution is -2.37. The van der Waals surface area contributed by atoms with Gasteiger partial charge in [0.1, 0.15) is 5.75 Å². The first-order valence-corrected chi connectivity index (χ1v) is 8.73. The van der Waals surface area contributed by atoms with E-state index >= 15 is 0 Å². The summed E-state index contributed by atoms with van der Waals surface area (Å²) in [6, 6.07) is 18.7. The smallest absolute Gasteiger partial charge is 0.189 e. The fourth-order valence-corrected chi connectivity index (χ4v) is 3.03. The molecular weight excluding hydrogens is 312 g/mol. The third-order valence-electron chi connectivity index (χ3n) is 4.34. The summed E-state index contributed by atoms with van der Waals surface area (Å²) in [7, 11) is 2.10. The van der Waals surface area contributed by atoms with Crippen LogP contribution in [-0.4, -0.2) is 37.6 Å². The lowest BCUT2D eigenvalue weighted by atomic mass is 10.0. The molecule has 2 aromatic rings. The van der Waals surface area contributed by atoms with Gasteiger partial charge in [0, 0.05) is 25.1 Å². The van der Waals surface area contributed by atoms with E-state index in [9.17, 15) is 0 Å². The molecule has 3 rings (SSSR count). The number of nitrogens with zero attached hydrogens (tertiary/aromatic N) is 2. The van der Waals surface area contributed by atoms with Gasteiger partial charge in [0.2, 0.25) is 0 Å². The molecule has 0 saturated carbocycles. The number of nitrogens with two attached hydrogens (primary N) is 1. The Morgan fingerprint density at radius 2 is 1.96 bits per heavy atom. The van der Waals surface area contributed by atoms with Crippen LogP contribution in [-0.2, 0) is 6.54 Å². The molecule has 25 heavy (non-hydrogen) atoms. The molecule has 5 nitrogen and oxygen atoms in total. The molecule has 5 heteroatoms. The predicted octanol–water partition coefficient (Wildman–Crippen LogP) is 2.55. The number of aliphatic imine (C=N–C) groups is 1. The van der Waals surface area contributed by atoms with Crippen molar-refractivity contribution in [2.45, 2.75) is 19.0 Å². The lowest BCUT2D eigenvalue weighted by molar-refractivity contribution is 0.262. The second-order valence-electron chi connectivity index (χ2n) is 6.36. The van der Waals surface area contributed by atoms with E-state index in [0.717, 1.165) is 30.8 Å². The van der Waals surface area contributed by atoms with Crippen LogP contribution in [0.5, 0.6) is 5.75 Å². The van der Waals surface area contributed by atoms with Gasteiger partial charge in [0.15, 0.2) is 5.96 Å². The third-order valence-corrected chi connectivity index (χ3v) is 4.34. The molecule has 1 unspecified atom stereocenters. The van der Waals surface area contributed by atoms with E-state index in [1.54, 1.807) is 0 Å². The number of hydrogen-bond acceptors (Lipinski definition) is 3. The SMILES string of the molecule is CN(CCN=C(N)NC1CCOc2ccccc21)Cc1ccccc1. The molecule has 0 saturated heterocycles. The van der Waals surface area contributed by atoms with Crippen molar-refractivity contribution < 1.29 is 4.74 Å². The van der Waals surface area contributed by atoms with Crippen LogP contribution in [0.15, 0.2) is 59.6 Å². The van der Waals surface area contributed by atoms with Crippen LogP contribution < -0.4 is 15.8 Å². The number of rotatable bonds is 6. The van der Waals surface area contributed by atoms with Gasteiger partial charge in [-0.05, 0) is 18.7 Å². The van der Waals surface area contributed by atoms with Crippen molar-refractivity contribution in [1.82, 2.24) is 10.2 Å². The number of nitrogens with one attached hydrogen (secondary N) is 1. The molecule has 0 fully saturated rings. The number of likely N-dealkylation sites (N-methyl/N-ethyl adjacent to an activating group) is 1. The van der Waals surface area contributed by atoms with E-state index in [1.165, 1.54) is 5.56 Å². The number of hydrogen-bond donors (Lipinski definition) is 2. The minimum absolute atomic E-state index is 0.163. The normalized spacial score (nSPS) is 17.0. The Bertz CT molecular complexity index is 702. The quantitative estimate of drug-likeness (QED) is 0.628. The maximum Gasteiger partial charge on any atom is 0.189 e. The highest BCUT2D eigenvalue weighted by Crippen LogP contribution is 2.31. The summed E-state index contributed by atoms with van der Waals surface area (Å²) in [6.45, 7) is 3.15. The predicted molar refractivity (Wildman–Crippen MR) is 102 cm³/mol. The summed E-state index contributed by atoms with van der Waals surface area (Å²) in [6.07, 6.45) is 0.890.